The van der Waals surface area contributed by atoms with Crippen LogP contribution in [0.25, 0.3) is 17.1 Å². The van der Waals surface area contributed by atoms with Crippen LogP contribution in [0.15, 0.2) is 76.6 Å². The van der Waals surface area contributed by atoms with Crippen molar-refractivity contribution in [3.63, 3.8) is 0 Å². The van der Waals surface area contributed by atoms with E-state index >= 15 is 0 Å². The molecule has 4 aromatic rings. The molecule has 2 aromatic carbocycles. The third-order valence-electron chi connectivity index (χ3n) is 5.50. The molecule has 0 saturated carbocycles. The number of furan rings is 1. The molecule has 0 amide bonds. The maximum absolute atomic E-state index is 5.69. The van der Waals surface area contributed by atoms with Gasteiger partial charge >= 0.3 is 0 Å². The molecule has 0 N–H and O–H groups in total. The maximum Gasteiger partial charge on any atom is 0.154 e. The molecule has 1 aliphatic rings. The van der Waals surface area contributed by atoms with Gasteiger partial charge in [-0.3, -0.25) is 9.56 Å². The summed E-state index contributed by atoms with van der Waals surface area (Å²) in [6, 6.07) is 18.5. The Morgan fingerprint density at radius 2 is 1.85 bits per heavy atom. The molecule has 1 aliphatic heterocycles. The lowest BCUT2D eigenvalue weighted by molar-refractivity contribution is 0.578. The minimum absolute atomic E-state index is 0.109. The van der Waals surface area contributed by atoms with Crippen LogP contribution in [0.5, 0.6) is 0 Å². The molecular weight excluding hydrogens is 537 g/mol. The first-order valence-corrected chi connectivity index (χ1v) is 15.5. The topological polar surface area (TPSA) is 43.3 Å². The number of aromatic nitrogens is 2. The van der Waals surface area contributed by atoms with Crippen LogP contribution in [-0.2, 0) is 0 Å². The van der Waals surface area contributed by atoms with Crippen molar-refractivity contribution in [2.45, 2.75) is 32.6 Å². The van der Waals surface area contributed by atoms with Gasteiger partial charge in [-0.05, 0) is 65.9 Å². The van der Waals surface area contributed by atoms with Crippen LogP contribution in [0, 0.1) is 15.0 Å². The Hall–Kier alpha value is -2.89. The molecule has 0 saturated heterocycles. The lowest BCUT2D eigenvalue weighted by atomic mass is 9.98. The summed E-state index contributed by atoms with van der Waals surface area (Å²) in [6.45, 7) is 8.91. The number of rotatable bonds is 2. The Morgan fingerprint density at radius 3 is 2.58 bits per heavy atom. The monoisotopic (exact) mass is 561 g/mol. The van der Waals surface area contributed by atoms with Crippen molar-refractivity contribution >= 4 is 36.4 Å². The number of benzene rings is 2. The molecule has 3 heterocycles. The maximum atomic E-state index is 5.69. The number of halogens is 1. The van der Waals surface area contributed by atoms with E-state index < -0.39 is 8.07 Å². The molecule has 164 valence electrons. The molecule has 4 nitrogen and oxygen atoms in total. The second-order valence-corrected chi connectivity index (χ2v) is 15.1. The Balaban J connectivity index is 1.78. The van der Waals surface area contributed by atoms with Gasteiger partial charge in [-0.25, -0.2) is 4.98 Å². The van der Waals surface area contributed by atoms with Gasteiger partial charge in [-0.2, -0.15) is 0 Å². The number of fused-ring (bicyclic) bond motifs is 3. The van der Waals surface area contributed by atoms with E-state index in [0.717, 1.165) is 45.2 Å². The van der Waals surface area contributed by atoms with Gasteiger partial charge < -0.3 is 4.42 Å². The number of imidazole rings is 1. The highest BCUT2D eigenvalue weighted by atomic mass is 127. The van der Waals surface area contributed by atoms with Gasteiger partial charge in [0, 0.05) is 20.3 Å². The molecular formula is C27H24IN3OSi. The minimum atomic E-state index is -1.49. The molecule has 0 bridgehead atoms. The van der Waals surface area contributed by atoms with Crippen molar-refractivity contribution in [3.05, 3.63) is 93.1 Å². The van der Waals surface area contributed by atoms with Gasteiger partial charge in [0.1, 0.15) is 20.1 Å². The van der Waals surface area contributed by atoms with E-state index in [2.05, 4.69) is 108 Å². The highest BCUT2D eigenvalue weighted by Crippen LogP contribution is 2.37. The van der Waals surface area contributed by atoms with Crippen molar-refractivity contribution in [2.75, 3.05) is 0 Å². The van der Waals surface area contributed by atoms with Crippen LogP contribution in [0.3, 0.4) is 0 Å². The molecule has 2 aromatic heterocycles. The normalized spacial score (nSPS) is 15.1. The highest BCUT2D eigenvalue weighted by molar-refractivity contribution is 14.1. The molecule has 0 spiro atoms. The van der Waals surface area contributed by atoms with E-state index in [1.54, 1.807) is 6.26 Å². The summed E-state index contributed by atoms with van der Waals surface area (Å²) in [4.78, 5) is 9.97. The van der Waals surface area contributed by atoms with E-state index in [1.807, 2.05) is 18.5 Å². The Morgan fingerprint density at radius 1 is 1.03 bits per heavy atom. The summed E-state index contributed by atoms with van der Waals surface area (Å²) in [5.41, 5.74) is 10.6. The average molecular weight is 561 g/mol. The summed E-state index contributed by atoms with van der Waals surface area (Å²) in [5, 5.41) is 0. The summed E-state index contributed by atoms with van der Waals surface area (Å²) >= 11 is 2.39. The zero-order chi connectivity index (χ0) is 23.2. The largest absolute Gasteiger partial charge is 0.463 e. The quantitative estimate of drug-likeness (QED) is 0.152. The Kier molecular flexibility index (Phi) is 5.63. The molecule has 0 aliphatic carbocycles. The Labute approximate surface area is 208 Å². The van der Waals surface area contributed by atoms with Crippen LogP contribution >= 0.6 is 22.6 Å². The first-order chi connectivity index (χ1) is 15.8. The van der Waals surface area contributed by atoms with Crippen LogP contribution in [0.1, 0.15) is 35.3 Å². The van der Waals surface area contributed by atoms with Gasteiger partial charge in [0.2, 0.25) is 0 Å². The summed E-state index contributed by atoms with van der Waals surface area (Å²) in [7, 11) is -1.49. The van der Waals surface area contributed by atoms with Crippen LogP contribution in [0.2, 0.25) is 19.6 Å². The van der Waals surface area contributed by atoms with E-state index in [1.165, 1.54) is 3.57 Å². The minimum Gasteiger partial charge on any atom is -0.463 e. The molecule has 6 heteroatoms. The van der Waals surface area contributed by atoms with Crippen molar-refractivity contribution in [3.8, 4) is 28.6 Å². The molecule has 0 unspecified atom stereocenters. The van der Waals surface area contributed by atoms with Crippen molar-refractivity contribution in [1.29, 1.82) is 0 Å². The van der Waals surface area contributed by atoms with Crippen molar-refractivity contribution in [2.24, 2.45) is 4.99 Å². The molecule has 5 rings (SSSR count). The molecule has 0 radical (unpaired) electrons. The summed E-state index contributed by atoms with van der Waals surface area (Å²) in [6.07, 6.45) is 3.56. The third-order valence-corrected chi connectivity index (χ3v) is 7.32. The summed E-state index contributed by atoms with van der Waals surface area (Å²) < 4.78 is 9.02. The molecule has 1 atom stereocenters. The summed E-state index contributed by atoms with van der Waals surface area (Å²) in [5.74, 6) is 4.17. The standard InChI is InChI=1S/C27H24IN3OSi/c1-18-27-26(24-10-7-14-32-24)29-17-31(27)23-12-11-19(13-15-33(2,3)4)16-21(23)25(30-18)20-8-5-6-9-22(20)28/h5-12,14,16-18H,1-4H3/t18-/m0/s1. The van der Waals surface area contributed by atoms with Crippen molar-refractivity contribution < 1.29 is 4.42 Å². The van der Waals surface area contributed by atoms with E-state index in [-0.39, 0.29) is 6.04 Å². The fraction of sp³-hybridized carbons (Fsp3) is 0.185. The Bertz CT molecular complexity index is 1430. The first kappa shape index (κ1) is 21.9. The van der Waals surface area contributed by atoms with Crippen molar-refractivity contribution in [1.82, 2.24) is 9.55 Å². The van der Waals surface area contributed by atoms with Crippen LogP contribution in [0.4, 0.5) is 0 Å². The average Bonchev–Trinajstić information content (AvgIpc) is 3.44. The number of nitrogens with zero attached hydrogens (tertiary/aromatic N) is 3. The van der Waals surface area contributed by atoms with Gasteiger partial charge in [-0.1, -0.05) is 43.8 Å². The number of hydrogen-bond acceptors (Lipinski definition) is 3. The zero-order valence-corrected chi connectivity index (χ0v) is 22.2. The lowest BCUT2D eigenvalue weighted by Crippen LogP contribution is -2.16. The van der Waals surface area contributed by atoms with Gasteiger partial charge in [0.05, 0.1) is 29.4 Å². The second kappa shape index (κ2) is 8.47. The number of aliphatic imine (C=N–C) groups is 1. The third kappa shape index (κ3) is 4.23. The predicted octanol–water partition coefficient (Wildman–Crippen LogP) is 6.88. The fourth-order valence-electron chi connectivity index (χ4n) is 4.02. The number of hydrogen-bond donors (Lipinski definition) is 0. The van der Waals surface area contributed by atoms with Gasteiger partial charge in [0.25, 0.3) is 0 Å². The molecule has 0 fully saturated rings. The van der Waals surface area contributed by atoms with Gasteiger partial charge in [0.15, 0.2) is 5.76 Å². The van der Waals surface area contributed by atoms with E-state index in [0.29, 0.717) is 0 Å². The lowest BCUT2D eigenvalue weighted by Gasteiger charge is -2.13. The second-order valence-electron chi connectivity index (χ2n) is 9.19. The van der Waals surface area contributed by atoms with E-state index in [4.69, 9.17) is 14.4 Å². The fourth-order valence-corrected chi connectivity index (χ4v) is 5.18. The van der Waals surface area contributed by atoms with E-state index in [9.17, 15) is 0 Å². The SMILES string of the molecule is C[C@@H]1N=C(c2ccccc2I)c2cc(C#C[Si](C)(C)C)ccc2-n2cnc(-c3ccco3)c21. The first-order valence-electron chi connectivity index (χ1n) is 10.9. The molecule has 33 heavy (non-hydrogen) atoms. The van der Waals surface area contributed by atoms with Crippen LogP contribution < -0.4 is 0 Å². The zero-order valence-electron chi connectivity index (χ0n) is 19.1. The van der Waals surface area contributed by atoms with Gasteiger partial charge in [-0.15, -0.1) is 5.54 Å². The predicted molar refractivity (Wildman–Crippen MR) is 145 cm³/mol. The highest BCUT2D eigenvalue weighted by Gasteiger charge is 2.28. The van der Waals surface area contributed by atoms with Crippen LogP contribution in [-0.4, -0.2) is 23.3 Å². The smallest absolute Gasteiger partial charge is 0.154 e.